The highest BCUT2D eigenvalue weighted by Crippen LogP contribution is 2.28. The van der Waals surface area contributed by atoms with Crippen LogP contribution in [0.3, 0.4) is 0 Å². The average Bonchev–Trinajstić information content (AvgIpc) is 2.85. The summed E-state index contributed by atoms with van der Waals surface area (Å²) in [5.74, 6) is 2.35. The second-order valence-corrected chi connectivity index (χ2v) is 5.91. The van der Waals surface area contributed by atoms with E-state index in [0.717, 1.165) is 45.8 Å². The minimum atomic E-state index is 0.547. The minimum Gasteiger partial charge on any atom is -0.462 e. The van der Waals surface area contributed by atoms with Gasteiger partial charge >= 0.3 is 0 Å². The molecule has 0 radical (unpaired) electrons. The molecule has 0 saturated heterocycles. The summed E-state index contributed by atoms with van der Waals surface area (Å²) in [6.45, 7) is 8.42. The van der Waals surface area contributed by atoms with Crippen molar-refractivity contribution < 1.29 is 9.94 Å². The molecular formula is C19H25NO2. The third kappa shape index (κ3) is 3.94. The predicted octanol–water partition coefficient (Wildman–Crippen LogP) is 5.28. The molecule has 0 aliphatic rings. The van der Waals surface area contributed by atoms with E-state index in [0.29, 0.717) is 5.92 Å². The van der Waals surface area contributed by atoms with Crippen LogP contribution in [0.5, 0.6) is 5.75 Å². The summed E-state index contributed by atoms with van der Waals surface area (Å²) >= 11 is 0. The van der Waals surface area contributed by atoms with Gasteiger partial charge in [-0.3, -0.25) is 0 Å². The van der Waals surface area contributed by atoms with Gasteiger partial charge in [-0.1, -0.05) is 32.9 Å². The van der Waals surface area contributed by atoms with Crippen molar-refractivity contribution in [2.75, 3.05) is 0 Å². The quantitative estimate of drug-likeness (QED) is 0.581. The third-order valence-electron chi connectivity index (χ3n) is 3.61. The molecule has 118 valence electrons. The maximum atomic E-state index is 9.73. The molecule has 0 atom stereocenters. The highest BCUT2D eigenvalue weighted by atomic mass is 16.5. The lowest BCUT2D eigenvalue weighted by molar-refractivity contribution is 0.187. The lowest BCUT2D eigenvalue weighted by atomic mass is 9.98. The fourth-order valence-electron chi connectivity index (χ4n) is 2.53. The van der Waals surface area contributed by atoms with Crippen LogP contribution < -0.4 is 4.74 Å². The van der Waals surface area contributed by atoms with Crippen LogP contribution in [-0.2, 0) is 6.42 Å². The van der Waals surface area contributed by atoms with E-state index in [1.807, 2.05) is 37.3 Å². The minimum absolute atomic E-state index is 0.547. The van der Waals surface area contributed by atoms with Gasteiger partial charge in [0.2, 0.25) is 0 Å². The zero-order valence-corrected chi connectivity index (χ0v) is 13.8. The molecule has 22 heavy (non-hydrogen) atoms. The molecule has 3 nitrogen and oxygen atoms in total. The molecule has 1 aromatic heterocycles. The number of hydrogen-bond donors (Lipinski definition) is 1. The Kier molecular flexibility index (Phi) is 5.31. The molecule has 0 saturated carbocycles. The smallest absolute Gasteiger partial charge is 0.126 e. The average molecular weight is 299 g/mol. The fourth-order valence-corrected chi connectivity index (χ4v) is 2.53. The summed E-state index contributed by atoms with van der Waals surface area (Å²) in [6.07, 6.45) is 7.36. The second-order valence-electron chi connectivity index (χ2n) is 5.91. The largest absolute Gasteiger partial charge is 0.462 e. The van der Waals surface area contributed by atoms with Gasteiger partial charge in [-0.05, 0) is 48.6 Å². The number of allylic oxidation sites excluding steroid dienone is 2. The Morgan fingerprint density at radius 2 is 1.91 bits per heavy atom. The van der Waals surface area contributed by atoms with Crippen LogP contribution in [0.2, 0.25) is 0 Å². The molecule has 0 spiro atoms. The van der Waals surface area contributed by atoms with E-state index in [2.05, 4.69) is 20.8 Å². The summed E-state index contributed by atoms with van der Waals surface area (Å²) in [5, 5.41) is 9.73. The molecule has 1 N–H and O–H groups in total. The monoisotopic (exact) mass is 299 g/mol. The van der Waals surface area contributed by atoms with Gasteiger partial charge < -0.3 is 9.94 Å². The molecule has 0 bridgehead atoms. The molecule has 2 rings (SSSR count). The van der Waals surface area contributed by atoms with Crippen molar-refractivity contribution in [3.8, 4) is 16.9 Å². The SMILES string of the molecule is CC=C(CC)Oc1ccc(-c2cn(O)cc2CC(C)C)cc1. The number of benzene rings is 1. The van der Waals surface area contributed by atoms with Crippen LogP contribution in [0.25, 0.3) is 11.1 Å². The predicted molar refractivity (Wildman–Crippen MR) is 90.3 cm³/mol. The molecule has 2 aromatic rings. The van der Waals surface area contributed by atoms with Gasteiger partial charge in [0.05, 0.1) is 12.0 Å². The first kappa shape index (κ1) is 16.2. The van der Waals surface area contributed by atoms with Crippen molar-refractivity contribution in [3.63, 3.8) is 0 Å². The lowest BCUT2D eigenvalue weighted by Gasteiger charge is -2.10. The Bertz CT molecular complexity index is 636. The summed E-state index contributed by atoms with van der Waals surface area (Å²) < 4.78 is 6.96. The molecule has 1 heterocycles. The van der Waals surface area contributed by atoms with E-state index in [1.165, 1.54) is 0 Å². The molecule has 0 aliphatic carbocycles. The molecule has 0 amide bonds. The maximum Gasteiger partial charge on any atom is 0.126 e. The van der Waals surface area contributed by atoms with E-state index >= 15 is 0 Å². The van der Waals surface area contributed by atoms with Crippen molar-refractivity contribution in [1.82, 2.24) is 4.73 Å². The van der Waals surface area contributed by atoms with Crippen LogP contribution >= 0.6 is 0 Å². The number of ether oxygens (including phenoxy) is 1. The molecular weight excluding hydrogens is 274 g/mol. The summed E-state index contributed by atoms with van der Waals surface area (Å²) in [5.41, 5.74) is 3.33. The number of nitrogens with zero attached hydrogens (tertiary/aromatic N) is 1. The Morgan fingerprint density at radius 1 is 1.23 bits per heavy atom. The lowest BCUT2D eigenvalue weighted by Crippen LogP contribution is -1.95. The first-order chi connectivity index (χ1) is 10.5. The number of rotatable bonds is 6. The van der Waals surface area contributed by atoms with Crippen molar-refractivity contribution in [2.45, 2.75) is 40.5 Å². The van der Waals surface area contributed by atoms with E-state index in [9.17, 15) is 5.21 Å². The first-order valence-corrected chi connectivity index (χ1v) is 7.87. The highest BCUT2D eigenvalue weighted by molar-refractivity contribution is 5.67. The van der Waals surface area contributed by atoms with Gasteiger partial charge in [0, 0.05) is 18.2 Å². The van der Waals surface area contributed by atoms with Gasteiger partial charge in [0.1, 0.15) is 5.75 Å². The normalized spacial score (nSPS) is 12.0. The van der Waals surface area contributed by atoms with Crippen LogP contribution in [0.1, 0.15) is 39.7 Å². The van der Waals surface area contributed by atoms with Crippen LogP contribution in [0.15, 0.2) is 48.5 Å². The molecule has 0 unspecified atom stereocenters. The molecule has 1 aromatic carbocycles. The zero-order chi connectivity index (χ0) is 16.1. The van der Waals surface area contributed by atoms with Crippen LogP contribution in [0.4, 0.5) is 0 Å². The zero-order valence-electron chi connectivity index (χ0n) is 13.8. The van der Waals surface area contributed by atoms with Crippen LogP contribution in [-0.4, -0.2) is 9.94 Å². The van der Waals surface area contributed by atoms with Crippen molar-refractivity contribution >= 4 is 0 Å². The maximum absolute atomic E-state index is 9.73. The topological polar surface area (TPSA) is 34.4 Å². The molecule has 3 heteroatoms. The van der Waals surface area contributed by atoms with E-state index in [-0.39, 0.29) is 0 Å². The molecule has 0 aliphatic heterocycles. The van der Waals surface area contributed by atoms with E-state index in [1.54, 1.807) is 12.4 Å². The van der Waals surface area contributed by atoms with E-state index < -0.39 is 0 Å². The van der Waals surface area contributed by atoms with Crippen molar-refractivity contribution in [1.29, 1.82) is 0 Å². The molecule has 0 fully saturated rings. The van der Waals surface area contributed by atoms with Crippen molar-refractivity contribution in [3.05, 3.63) is 54.1 Å². The number of aromatic nitrogens is 1. The number of hydrogen-bond acceptors (Lipinski definition) is 2. The van der Waals surface area contributed by atoms with Gasteiger partial charge in [0.25, 0.3) is 0 Å². The standard InChI is InChI=1S/C19H25NO2/c1-5-17(6-2)22-18-9-7-15(8-10-18)19-13-20(21)12-16(19)11-14(3)4/h5,7-10,12-14,21H,6,11H2,1-4H3. The highest BCUT2D eigenvalue weighted by Gasteiger charge is 2.11. The van der Waals surface area contributed by atoms with Gasteiger partial charge in [-0.15, -0.1) is 0 Å². The van der Waals surface area contributed by atoms with Gasteiger partial charge in [0.15, 0.2) is 0 Å². The Balaban J connectivity index is 2.24. The first-order valence-electron chi connectivity index (χ1n) is 7.87. The summed E-state index contributed by atoms with van der Waals surface area (Å²) in [6, 6.07) is 8.03. The third-order valence-corrected chi connectivity index (χ3v) is 3.61. The summed E-state index contributed by atoms with van der Waals surface area (Å²) in [7, 11) is 0. The summed E-state index contributed by atoms with van der Waals surface area (Å²) in [4.78, 5) is 0. The van der Waals surface area contributed by atoms with Gasteiger partial charge in [-0.2, -0.15) is 0 Å². The Labute approximate surface area is 132 Å². The van der Waals surface area contributed by atoms with Crippen LogP contribution in [0, 0.1) is 5.92 Å². The van der Waals surface area contributed by atoms with E-state index in [4.69, 9.17) is 4.74 Å². The van der Waals surface area contributed by atoms with Gasteiger partial charge in [-0.25, -0.2) is 4.73 Å². The Hall–Kier alpha value is -2.16. The fraction of sp³-hybridized carbons (Fsp3) is 0.368. The second kappa shape index (κ2) is 7.21. The Morgan fingerprint density at radius 3 is 2.45 bits per heavy atom. The van der Waals surface area contributed by atoms with Crippen molar-refractivity contribution in [2.24, 2.45) is 5.92 Å².